The minimum atomic E-state index is -3.76. The molecule has 0 spiro atoms. The number of hydrogen-bond acceptors (Lipinski definition) is 4. The quantitative estimate of drug-likeness (QED) is 0.474. The maximum atomic E-state index is 12.7. The molecule has 3 aromatic rings. The largest absolute Gasteiger partial charge is 0.484 e. The predicted molar refractivity (Wildman–Crippen MR) is 124 cm³/mol. The Morgan fingerprint density at radius 1 is 0.935 bits per heavy atom. The molecule has 0 saturated carbocycles. The van der Waals surface area contributed by atoms with E-state index >= 15 is 0 Å². The number of hydrogen-bond donors (Lipinski definition) is 2. The molecule has 0 aromatic heterocycles. The molecule has 0 saturated heterocycles. The van der Waals surface area contributed by atoms with Gasteiger partial charge in [-0.15, -0.1) is 0 Å². The van der Waals surface area contributed by atoms with Crippen LogP contribution >= 0.6 is 23.2 Å². The predicted octanol–water partition coefficient (Wildman–Crippen LogP) is 5.43. The highest BCUT2D eigenvalue weighted by atomic mass is 35.5. The van der Waals surface area contributed by atoms with Crippen molar-refractivity contribution >= 4 is 50.5 Å². The summed E-state index contributed by atoms with van der Waals surface area (Å²) in [6.45, 7) is 3.44. The number of carbonyl (C=O) groups is 1. The fourth-order valence-electron chi connectivity index (χ4n) is 2.69. The molecule has 0 atom stereocenters. The Bertz CT molecular complexity index is 1210. The van der Waals surface area contributed by atoms with E-state index in [1.165, 1.54) is 30.3 Å². The summed E-state index contributed by atoms with van der Waals surface area (Å²) in [6, 6.07) is 16.0. The van der Waals surface area contributed by atoms with E-state index in [2.05, 4.69) is 10.0 Å². The van der Waals surface area contributed by atoms with Crippen LogP contribution in [0.4, 0.5) is 11.4 Å². The Morgan fingerprint density at radius 2 is 1.65 bits per heavy atom. The zero-order chi connectivity index (χ0) is 22.6. The number of rotatable bonds is 7. The lowest BCUT2D eigenvalue weighted by atomic mass is 10.1. The first-order chi connectivity index (χ1) is 14.6. The molecule has 3 rings (SSSR count). The third-order valence-corrected chi connectivity index (χ3v) is 6.29. The minimum absolute atomic E-state index is 0.0796. The van der Waals surface area contributed by atoms with Gasteiger partial charge in [-0.2, -0.15) is 0 Å². The number of aryl methyl sites for hydroxylation is 2. The highest BCUT2D eigenvalue weighted by Crippen LogP contribution is 2.26. The van der Waals surface area contributed by atoms with Crippen LogP contribution in [0.1, 0.15) is 11.1 Å². The molecule has 9 heteroatoms. The van der Waals surface area contributed by atoms with Gasteiger partial charge in [0, 0.05) is 5.02 Å². The third kappa shape index (κ3) is 6.13. The van der Waals surface area contributed by atoms with Gasteiger partial charge in [-0.25, -0.2) is 8.42 Å². The summed E-state index contributed by atoms with van der Waals surface area (Å²) in [7, 11) is -3.76. The second-order valence-corrected chi connectivity index (χ2v) is 9.38. The molecule has 0 fully saturated rings. The normalized spacial score (nSPS) is 11.1. The van der Waals surface area contributed by atoms with Crippen LogP contribution in [0.5, 0.6) is 5.75 Å². The summed E-state index contributed by atoms with van der Waals surface area (Å²) < 4.78 is 33.4. The lowest BCUT2D eigenvalue weighted by Crippen LogP contribution is -2.20. The van der Waals surface area contributed by atoms with Gasteiger partial charge in [-0.05, 0) is 73.5 Å². The van der Waals surface area contributed by atoms with E-state index in [1.54, 1.807) is 18.2 Å². The molecule has 2 N–H and O–H groups in total. The third-order valence-electron chi connectivity index (χ3n) is 4.34. The van der Waals surface area contributed by atoms with Crippen LogP contribution in [0.15, 0.2) is 65.6 Å². The van der Waals surface area contributed by atoms with Crippen LogP contribution in [-0.4, -0.2) is 20.9 Å². The van der Waals surface area contributed by atoms with Gasteiger partial charge >= 0.3 is 0 Å². The number of anilines is 2. The number of benzene rings is 3. The fraction of sp³-hybridized carbons (Fsp3) is 0.136. The van der Waals surface area contributed by atoms with Gasteiger partial charge in [0.1, 0.15) is 5.75 Å². The van der Waals surface area contributed by atoms with Crippen LogP contribution in [0.2, 0.25) is 10.0 Å². The van der Waals surface area contributed by atoms with Crippen molar-refractivity contribution in [2.45, 2.75) is 18.7 Å². The number of amides is 1. The number of sulfonamides is 1. The first-order valence-corrected chi connectivity index (χ1v) is 11.5. The summed E-state index contributed by atoms with van der Waals surface area (Å²) in [5, 5.41) is 3.40. The average Bonchev–Trinajstić information content (AvgIpc) is 2.72. The lowest BCUT2D eigenvalue weighted by Gasteiger charge is -2.12. The van der Waals surface area contributed by atoms with Crippen molar-refractivity contribution in [3.8, 4) is 5.75 Å². The summed E-state index contributed by atoms with van der Waals surface area (Å²) >= 11 is 11.9. The highest BCUT2D eigenvalue weighted by Gasteiger charge is 2.16. The summed E-state index contributed by atoms with van der Waals surface area (Å²) in [4.78, 5) is 12.2. The number of carbonyl (C=O) groups excluding carboxylic acids is 1. The molecular weight excluding hydrogens is 459 g/mol. The van der Waals surface area contributed by atoms with E-state index in [9.17, 15) is 13.2 Å². The van der Waals surface area contributed by atoms with Crippen LogP contribution < -0.4 is 14.8 Å². The zero-order valence-corrected chi connectivity index (χ0v) is 19.1. The first kappa shape index (κ1) is 22.9. The Hall–Kier alpha value is -2.74. The highest BCUT2D eigenvalue weighted by molar-refractivity contribution is 7.92. The second kappa shape index (κ2) is 9.60. The SMILES string of the molecule is Cc1ccc(C)c(NS(=O)(=O)c2ccc(OCC(=O)Nc3cc(Cl)ccc3Cl)cc2)c1. The first-order valence-electron chi connectivity index (χ1n) is 9.22. The molecule has 162 valence electrons. The van der Waals surface area contributed by atoms with E-state index < -0.39 is 15.9 Å². The van der Waals surface area contributed by atoms with Crippen LogP contribution in [0.3, 0.4) is 0 Å². The Kier molecular flexibility index (Phi) is 7.10. The topological polar surface area (TPSA) is 84.5 Å². The Morgan fingerprint density at radius 3 is 2.35 bits per heavy atom. The molecule has 0 aliphatic heterocycles. The zero-order valence-electron chi connectivity index (χ0n) is 16.8. The van der Waals surface area contributed by atoms with Crippen molar-refractivity contribution in [1.29, 1.82) is 0 Å². The van der Waals surface area contributed by atoms with E-state index in [1.807, 2.05) is 26.0 Å². The minimum Gasteiger partial charge on any atom is -0.484 e. The van der Waals surface area contributed by atoms with E-state index in [0.29, 0.717) is 27.2 Å². The van der Waals surface area contributed by atoms with Crippen LogP contribution in [-0.2, 0) is 14.8 Å². The Balaban J connectivity index is 1.62. The monoisotopic (exact) mass is 478 g/mol. The van der Waals surface area contributed by atoms with Crippen LogP contribution in [0, 0.1) is 13.8 Å². The van der Waals surface area contributed by atoms with Gasteiger partial charge in [0.15, 0.2) is 6.61 Å². The van der Waals surface area contributed by atoms with Crippen molar-refractivity contribution < 1.29 is 17.9 Å². The van der Waals surface area contributed by atoms with E-state index in [4.69, 9.17) is 27.9 Å². The van der Waals surface area contributed by atoms with Crippen LogP contribution in [0.25, 0.3) is 0 Å². The molecule has 0 aliphatic carbocycles. The van der Waals surface area contributed by atoms with E-state index in [-0.39, 0.29) is 11.5 Å². The van der Waals surface area contributed by atoms with Gasteiger partial charge in [-0.3, -0.25) is 9.52 Å². The van der Waals surface area contributed by atoms with Gasteiger partial charge in [0.25, 0.3) is 15.9 Å². The molecule has 3 aromatic carbocycles. The molecule has 1 amide bonds. The van der Waals surface area contributed by atoms with Crippen molar-refractivity contribution in [2.24, 2.45) is 0 Å². The van der Waals surface area contributed by atoms with Crippen molar-refractivity contribution in [1.82, 2.24) is 0 Å². The number of nitrogens with one attached hydrogen (secondary N) is 2. The smallest absolute Gasteiger partial charge is 0.262 e. The van der Waals surface area contributed by atoms with E-state index in [0.717, 1.165) is 11.1 Å². The standard InChI is InChI=1S/C22H20Cl2N2O4S/c1-14-3-4-15(2)20(11-14)26-31(28,29)18-8-6-17(7-9-18)30-13-22(27)25-21-12-16(23)5-10-19(21)24/h3-12,26H,13H2,1-2H3,(H,25,27). The van der Waals surface area contributed by atoms with Crippen molar-refractivity contribution in [3.05, 3.63) is 81.8 Å². The second-order valence-electron chi connectivity index (χ2n) is 6.86. The Labute approximate surface area is 191 Å². The maximum Gasteiger partial charge on any atom is 0.262 e. The lowest BCUT2D eigenvalue weighted by molar-refractivity contribution is -0.118. The maximum absolute atomic E-state index is 12.7. The number of ether oxygens (including phenoxy) is 1. The molecule has 0 unspecified atom stereocenters. The summed E-state index contributed by atoms with van der Waals surface area (Å²) in [5.74, 6) is -0.0875. The molecule has 31 heavy (non-hydrogen) atoms. The number of halogens is 2. The van der Waals surface area contributed by atoms with Crippen molar-refractivity contribution in [2.75, 3.05) is 16.6 Å². The molecule has 0 heterocycles. The molecule has 0 aliphatic rings. The summed E-state index contributed by atoms with van der Waals surface area (Å²) in [6.07, 6.45) is 0. The van der Waals surface area contributed by atoms with Gasteiger partial charge in [-0.1, -0.05) is 35.3 Å². The van der Waals surface area contributed by atoms with Crippen molar-refractivity contribution in [3.63, 3.8) is 0 Å². The van der Waals surface area contributed by atoms with Gasteiger partial charge < -0.3 is 10.1 Å². The van der Waals surface area contributed by atoms with Gasteiger partial charge in [0.2, 0.25) is 0 Å². The molecule has 0 radical (unpaired) electrons. The summed E-state index contributed by atoms with van der Waals surface area (Å²) in [5.41, 5.74) is 2.67. The average molecular weight is 479 g/mol. The molecule has 6 nitrogen and oxygen atoms in total. The molecular formula is C22H20Cl2N2O4S. The van der Waals surface area contributed by atoms with Gasteiger partial charge in [0.05, 0.1) is 21.3 Å². The molecule has 0 bridgehead atoms. The fourth-order valence-corrected chi connectivity index (χ4v) is 4.15.